The van der Waals surface area contributed by atoms with E-state index in [1.807, 2.05) is 0 Å². The first-order valence-corrected chi connectivity index (χ1v) is 8.50. The van der Waals surface area contributed by atoms with Crippen LogP contribution in [0.3, 0.4) is 0 Å². The van der Waals surface area contributed by atoms with Gasteiger partial charge in [-0.2, -0.15) is 0 Å². The number of anilines is 2. The average Bonchev–Trinajstić information content (AvgIpc) is 2.38. The SMILES string of the molecule is Cc1cc(C)c(NCCNc2c(C)cc(C)cc2Br)c(C)c1. The summed E-state index contributed by atoms with van der Waals surface area (Å²) in [5, 5.41) is 7.07. The van der Waals surface area contributed by atoms with E-state index in [9.17, 15) is 0 Å². The fourth-order valence-corrected chi connectivity index (χ4v) is 3.79. The van der Waals surface area contributed by atoms with Gasteiger partial charge in [0.05, 0.1) is 5.69 Å². The monoisotopic (exact) mass is 360 g/mol. The summed E-state index contributed by atoms with van der Waals surface area (Å²) in [7, 11) is 0. The summed E-state index contributed by atoms with van der Waals surface area (Å²) in [5.41, 5.74) is 8.93. The van der Waals surface area contributed by atoms with Crippen molar-refractivity contribution < 1.29 is 0 Å². The van der Waals surface area contributed by atoms with Crippen LogP contribution in [-0.2, 0) is 0 Å². The van der Waals surface area contributed by atoms with Crippen molar-refractivity contribution in [1.82, 2.24) is 0 Å². The zero-order valence-corrected chi connectivity index (χ0v) is 15.7. The highest BCUT2D eigenvalue weighted by molar-refractivity contribution is 9.10. The molecule has 3 heteroatoms. The number of hydrogen-bond donors (Lipinski definition) is 2. The summed E-state index contributed by atoms with van der Waals surface area (Å²) in [6.45, 7) is 12.5. The molecule has 0 fully saturated rings. The van der Waals surface area contributed by atoms with Gasteiger partial charge >= 0.3 is 0 Å². The molecular formula is C19H25BrN2. The Morgan fingerprint density at radius 3 is 1.59 bits per heavy atom. The molecule has 0 aromatic heterocycles. The Balaban J connectivity index is 1.96. The lowest BCUT2D eigenvalue weighted by atomic mass is 10.1. The van der Waals surface area contributed by atoms with Crippen molar-refractivity contribution in [3.05, 3.63) is 56.6 Å². The first-order chi connectivity index (χ1) is 10.4. The molecule has 2 aromatic rings. The van der Waals surface area contributed by atoms with Crippen molar-refractivity contribution in [2.45, 2.75) is 34.6 Å². The molecule has 118 valence electrons. The second kappa shape index (κ2) is 7.19. The van der Waals surface area contributed by atoms with E-state index in [-0.39, 0.29) is 0 Å². The molecule has 0 saturated carbocycles. The Hall–Kier alpha value is -1.48. The molecule has 0 aliphatic heterocycles. The smallest absolute Gasteiger partial charge is 0.0515 e. The first-order valence-electron chi connectivity index (χ1n) is 7.71. The predicted octanol–water partition coefficient (Wildman–Crippen LogP) is 5.52. The largest absolute Gasteiger partial charge is 0.383 e. The van der Waals surface area contributed by atoms with E-state index in [1.54, 1.807) is 0 Å². The summed E-state index contributed by atoms with van der Waals surface area (Å²) in [5.74, 6) is 0. The van der Waals surface area contributed by atoms with E-state index in [0.29, 0.717) is 0 Å². The van der Waals surface area contributed by atoms with Gasteiger partial charge in [-0.3, -0.25) is 0 Å². The highest BCUT2D eigenvalue weighted by atomic mass is 79.9. The molecule has 0 amide bonds. The molecule has 0 aliphatic carbocycles. The van der Waals surface area contributed by atoms with Gasteiger partial charge in [0.15, 0.2) is 0 Å². The van der Waals surface area contributed by atoms with Gasteiger partial charge in [0.25, 0.3) is 0 Å². The second-order valence-corrected chi connectivity index (χ2v) is 6.92. The third-order valence-electron chi connectivity index (χ3n) is 3.84. The minimum atomic E-state index is 0.884. The molecule has 22 heavy (non-hydrogen) atoms. The summed E-state index contributed by atoms with van der Waals surface area (Å²) in [6.07, 6.45) is 0. The lowest BCUT2D eigenvalue weighted by Gasteiger charge is -2.16. The summed E-state index contributed by atoms with van der Waals surface area (Å²) in [4.78, 5) is 0. The molecule has 2 rings (SSSR count). The number of nitrogens with one attached hydrogen (secondary N) is 2. The highest BCUT2D eigenvalue weighted by Crippen LogP contribution is 2.27. The lowest BCUT2D eigenvalue weighted by molar-refractivity contribution is 1.06. The zero-order chi connectivity index (χ0) is 16.3. The number of halogens is 1. The van der Waals surface area contributed by atoms with Gasteiger partial charge in [0, 0.05) is 23.2 Å². The third kappa shape index (κ3) is 4.04. The fraction of sp³-hybridized carbons (Fsp3) is 0.368. The van der Waals surface area contributed by atoms with E-state index in [2.05, 4.69) is 85.4 Å². The first kappa shape index (κ1) is 16.9. The maximum absolute atomic E-state index is 3.64. The summed E-state index contributed by atoms with van der Waals surface area (Å²) >= 11 is 3.64. The third-order valence-corrected chi connectivity index (χ3v) is 4.46. The van der Waals surface area contributed by atoms with Crippen LogP contribution in [0.1, 0.15) is 27.8 Å². The molecular weight excluding hydrogens is 336 g/mol. The highest BCUT2D eigenvalue weighted by Gasteiger charge is 2.05. The van der Waals surface area contributed by atoms with Gasteiger partial charge < -0.3 is 10.6 Å². The Kier molecular flexibility index (Phi) is 5.52. The van der Waals surface area contributed by atoms with Crippen molar-refractivity contribution in [3.8, 4) is 0 Å². The Morgan fingerprint density at radius 2 is 1.09 bits per heavy atom. The van der Waals surface area contributed by atoms with Crippen LogP contribution in [0.2, 0.25) is 0 Å². The topological polar surface area (TPSA) is 24.1 Å². The van der Waals surface area contributed by atoms with Crippen LogP contribution in [0.25, 0.3) is 0 Å². The molecule has 0 radical (unpaired) electrons. The molecule has 0 bridgehead atoms. The fourth-order valence-electron chi connectivity index (χ4n) is 2.97. The number of rotatable bonds is 5. The average molecular weight is 361 g/mol. The summed E-state index contributed by atoms with van der Waals surface area (Å²) < 4.78 is 1.13. The maximum atomic E-state index is 3.64. The second-order valence-electron chi connectivity index (χ2n) is 6.07. The van der Waals surface area contributed by atoms with Crippen molar-refractivity contribution in [2.24, 2.45) is 0 Å². The van der Waals surface area contributed by atoms with E-state index in [4.69, 9.17) is 0 Å². The van der Waals surface area contributed by atoms with Crippen molar-refractivity contribution in [1.29, 1.82) is 0 Å². The number of hydrogen-bond acceptors (Lipinski definition) is 2. The Labute approximate surface area is 142 Å². The minimum absolute atomic E-state index is 0.884. The number of benzene rings is 2. The van der Waals surface area contributed by atoms with Crippen LogP contribution >= 0.6 is 15.9 Å². The molecule has 0 aliphatic rings. The van der Waals surface area contributed by atoms with Gasteiger partial charge in [-0.15, -0.1) is 0 Å². The van der Waals surface area contributed by atoms with Crippen LogP contribution in [0, 0.1) is 34.6 Å². The quantitative estimate of drug-likeness (QED) is 0.686. The van der Waals surface area contributed by atoms with Crippen LogP contribution in [0.4, 0.5) is 11.4 Å². The Morgan fingerprint density at radius 1 is 0.682 bits per heavy atom. The van der Waals surface area contributed by atoms with E-state index >= 15 is 0 Å². The Bertz CT molecular complexity index is 572. The molecule has 0 unspecified atom stereocenters. The zero-order valence-electron chi connectivity index (χ0n) is 14.1. The van der Waals surface area contributed by atoms with Gasteiger partial charge in [-0.25, -0.2) is 0 Å². The van der Waals surface area contributed by atoms with Crippen molar-refractivity contribution >= 4 is 27.3 Å². The molecule has 0 atom stereocenters. The van der Waals surface area contributed by atoms with E-state index < -0.39 is 0 Å². The van der Waals surface area contributed by atoms with E-state index in [1.165, 1.54) is 39.2 Å². The molecule has 0 spiro atoms. The minimum Gasteiger partial charge on any atom is -0.383 e. The van der Waals surface area contributed by atoms with Crippen LogP contribution in [-0.4, -0.2) is 13.1 Å². The predicted molar refractivity (Wildman–Crippen MR) is 101 cm³/mol. The molecule has 2 aromatic carbocycles. The van der Waals surface area contributed by atoms with E-state index in [0.717, 1.165) is 17.6 Å². The van der Waals surface area contributed by atoms with Gasteiger partial charge in [-0.05, 0) is 78.9 Å². The van der Waals surface area contributed by atoms with Crippen LogP contribution < -0.4 is 10.6 Å². The van der Waals surface area contributed by atoms with Gasteiger partial charge in [0.2, 0.25) is 0 Å². The van der Waals surface area contributed by atoms with Gasteiger partial charge in [-0.1, -0.05) is 23.8 Å². The standard InChI is InChI=1S/C19H25BrN2/c1-12-8-14(3)18(15(4)9-12)21-6-7-22-19-16(5)10-13(2)11-17(19)20/h8-11,21-22H,6-7H2,1-5H3. The molecule has 0 saturated heterocycles. The van der Waals surface area contributed by atoms with Crippen molar-refractivity contribution in [3.63, 3.8) is 0 Å². The van der Waals surface area contributed by atoms with Crippen LogP contribution in [0.15, 0.2) is 28.7 Å². The molecule has 2 nitrogen and oxygen atoms in total. The maximum Gasteiger partial charge on any atom is 0.0515 e. The van der Waals surface area contributed by atoms with Crippen LogP contribution in [0.5, 0.6) is 0 Å². The van der Waals surface area contributed by atoms with Gasteiger partial charge in [0.1, 0.15) is 0 Å². The normalized spacial score (nSPS) is 10.6. The lowest BCUT2D eigenvalue weighted by Crippen LogP contribution is -2.15. The molecule has 2 N–H and O–H groups in total. The number of aryl methyl sites for hydroxylation is 5. The molecule has 0 heterocycles. The van der Waals surface area contributed by atoms with Crippen molar-refractivity contribution in [2.75, 3.05) is 23.7 Å². The summed E-state index contributed by atoms with van der Waals surface area (Å²) in [6, 6.07) is 8.80.